The first-order valence-corrected chi connectivity index (χ1v) is 14.1. The Balaban J connectivity index is 1.35. The standard InChI is InChI=1S/C27H29FN4O4S2/c1-19(20-9-15-23(16-10-20)38(35,36)31-17-5-2-6-18-31)29-27(34)32(37)22-13-11-21(12-14-22)30-26(33)24-7-3-4-8-25(24)28/h3-4,7-16,19,37H,2,5-6,17-18H2,1H3,(H,29,34)(H,30,33). The van der Waals surface area contributed by atoms with E-state index in [4.69, 9.17) is 0 Å². The molecule has 1 unspecified atom stereocenters. The maximum absolute atomic E-state index is 13.8. The van der Waals surface area contributed by atoms with E-state index in [0.29, 0.717) is 24.5 Å². The number of benzene rings is 3. The molecule has 0 aromatic heterocycles. The molecule has 0 saturated carbocycles. The average molecular weight is 557 g/mol. The molecule has 1 atom stereocenters. The molecule has 8 nitrogen and oxygen atoms in total. The lowest BCUT2D eigenvalue weighted by Crippen LogP contribution is -2.36. The molecule has 3 amide bonds. The van der Waals surface area contributed by atoms with Gasteiger partial charge in [0.15, 0.2) is 0 Å². The molecule has 11 heteroatoms. The van der Waals surface area contributed by atoms with Gasteiger partial charge in [0.05, 0.1) is 22.2 Å². The molecule has 3 aromatic rings. The van der Waals surface area contributed by atoms with Gasteiger partial charge in [0, 0.05) is 18.8 Å². The van der Waals surface area contributed by atoms with Crippen LogP contribution in [0.3, 0.4) is 0 Å². The van der Waals surface area contributed by atoms with Gasteiger partial charge in [-0.1, -0.05) is 43.5 Å². The average Bonchev–Trinajstić information content (AvgIpc) is 2.93. The van der Waals surface area contributed by atoms with Crippen molar-refractivity contribution >= 4 is 46.2 Å². The maximum Gasteiger partial charge on any atom is 0.332 e. The third-order valence-corrected chi connectivity index (χ3v) is 8.68. The van der Waals surface area contributed by atoms with Crippen LogP contribution in [0.2, 0.25) is 0 Å². The van der Waals surface area contributed by atoms with Gasteiger partial charge in [0.1, 0.15) is 5.82 Å². The summed E-state index contributed by atoms with van der Waals surface area (Å²) < 4.78 is 42.2. The molecule has 200 valence electrons. The van der Waals surface area contributed by atoms with E-state index in [2.05, 4.69) is 23.4 Å². The van der Waals surface area contributed by atoms with E-state index in [0.717, 1.165) is 29.1 Å². The van der Waals surface area contributed by atoms with Crippen LogP contribution in [0.4, 0.5) is 20.6 Å². The van der Waals surface area contributed by atoms with Gasteiger partial charge in [-0.05, 0) is 73.9 Å². The van der Waals surface area contributed by atoms with Gasteiger partial charge < -0.3 is 10.6 Å². The van der Waals surface area contributed by atoms with Crippen LogP contribution in [0.5, 0.6) is 0 Å². The Morgan fingerprint density at radius 2 is 1.58 bits per heavy atom. The Bertz CT molecular complexity index is 1390. The fourth-order valence-corrected chi connectivity index (χ4v) is 5.87. The quantitative estimate of drug-likeness (QED) is 0.341. The Hall–Kier alpha value is -3.41. The number of nitrogens with zero attached hydrogens (tertiary/aromatic N) is 2. The summed E-state index contributed by atoms with van der Waals surface area (Å²) in [5.74, 6) is -1.20. The summed E-state index contributed by atoms with van der Waals surface area (Å²) in [5, 5.41) is 5.45. The lowest BCUT2D eigenvalue weighted by molar-refractivity contribution is 0.102. The molecule has 38 heavy (non-hydrogen) atoms. The van der Waals surface area contributed by atoms with Crippen LogP contribution in [0.1, 0.15) is 48.1 Å². The molecule has 1 heterocycles. The number of nitrogens with one attached hydrogen (secondary N) is 2. The zero-order valence-corrected chi connectivity index (χ0v) is 22.5. The van der Waals surface area contributed by atoms with Crippen LogP contribution in [0.15, 0.2) is 77.7 Å². The van der Waals surface area contributed by atoms with E-state index in [-0.39, 0.29) is 10.5 Å². The number of hydrogen-bond acceptors (Lipinski definition) is 5. The van der Waals surface area contributed by atoms with Gasteiger partial charge in [-0.2, -0.15) is 4.31 Å². The highest BCUT2D eigenvalue weighted by molar-refractivity contribution is 7.89. The number of amides is 3. The lowest BCUT2D eigenvalue weighted by Gasteiger charge is -2.26. The smallest absolute Gasteiger partial charge is 0.330 e. The summed E-state index contributed by atoms with van der Waals surface area (Å²) >= 11 is 4.29. The number of thiol groups is 1. The van der Waals surface area contributed by atoms with Crippen molar-refractivity contribution in [3.63, 3.8) is 0 Å². The van der Waals surface area contributed by atoms with Gasteiger partial charge in [-0.15, -0.1) is 0 Å². The first-order valence-electron chi connectivity index (χ1n) is 12.2. The first kappa shape index (κ1) is 27.6. The third kappa shape index (κ3) is 6.35. The lowest BCUT2D eigenvalue weighted by atomic mass is 10.1. The molecule has 1 aliphatic heterocycles. The molecule has 0 spiro atoms. The Kier molecular flexibility index (Phi) is 8.70. The monoisotopic (exact) mass is 556 g/mol. The van der Waals surface area contributed by atoms with Crippen molar-refractivity contribution in [3.05, 3.63) is 89.7 Å². The Labute approximate surface area is 227 Å². The van der Waals surface area contributed by atoms with Gasteiger partial charge in [0.2, 0.25) is 10.0 Å². The number of piperidine rings is 1. The molecular weight excluding hydrogens is 527 g/mol. The van der Waals surface area contributed by atoms with Gasteiger partial charge in [0.25, 0.3) is 5.91 Å². The summed E-state index contributed by atoms with van der Waals surface area (Å²) in [6.45, 7) is 2.86. The Morgan fingerprint density at radius 3 is 2.21 bits per heavy atom. The van der Waals surface area contributed by atoms with Crippen molar-refractivity contribution in [1.29, 1.82) is 0 Å². The van der Waals surface area contributed by atoms with Crippen LogP contribution >= 0.6 is 12.8 Å². The first-order chi connectivity index (χ1) is 18.2. The molecule has 3 aromatic carbocycles. The Morgan fingerprint density at radius 1 is 0.947 bits per heavy atom. The SMILES string of the molecule is CC(NC(=O)N(S)c1ccc(NC(=O)c2ccccc2F)cc1)c1ccc(S(=O)(=O)N2CCCCC2)cc1. The second kappa shape index (κ2) is 12.0. The number of carbonyl (C=O) groups is 2. The van der Waals surface area contributed by atoms with Crippen molar-refractivity contribution in [1.82, 2.24) is 9.62 Å². The zero-order valence-electron chi connectivity index (χ0n) is 20.8. The van der Waals surface area contributed by atoms with E-state index in [1.807, 2.05) is 0 Å². The number of hydrogen-bond donors (Lipinski definition) is 3. The van der Waals surface area contributed by atoms with Crippen LogP contribution in [-0.2, 0) is 10.0 Å². The normalized spacial score (nSPS) is 14.9. The largest absolute Gasteiger partial charge is 0.332 e. The van der Waals surface area contributed by atoms with E-state index >= 15 is 0 Å². The van der Waals surface area contributed by atoms with E-state index in [1.165, 1.54) is 22.5 Å². The topological polar surface area (TPSA) is 98.8 Å². The van der Waals surface area contributed by atoms with Crippen LogP contribution < -0.4 is 14.9 Å². The van der Waals surface area contributed by atoms with Crippen LogP contribution in [-0.4, -0.2) is 37.8 Å². The van der Waals surface area contributed by atoms with E-state index in [1.54, 1.807) is 61.5 Å². The van der Waals surface area contributed by atoms with Crippen molar-refractivity contribution < 1.29 is 22.4 Å². The molecule has 0 aliphatic carbocycles. The summed E-state index contributed by atoms with van der Waals surface area (Å²) in [6.07, 6.45) is 2.78. The number of urea groups is 1. The minimum absolute atomic E-state index is 0.0714. The minimum atomic E-state index is -3.53. The van der Waals surface area contributed by atoms with Crippen molar-refractivity contribution in [2.24, 2.45) is 0 Å². The molecule has 1 fully saturated rings. The minimum Gasteiger partial charge on any atom is -0.330 e. The van der Waals surface area contributed by atoms with E-state index < -0.39 is 33.8 Å². The van der Waals surface area contributed by atoms with Crippen molar-refractivity contribution in [3.8, 4) is 0 Å². The van der Waals surface area contributed by atoms with Crippen molar-refractivity contribution in [2.45, 2.75) is 37.1 Å². The molecule has 1 aliphatic rings. The summed E-state index contributed by atoms with van der Waals surface area (Å²) in [4.78, 5) is 25.3. The predicted octanol–water partition coefficient (Wildman–Crippen LogP) is 5.37. The van der Waals surface area contributed by atoms with Crippen molar-refractivity contribution in [2.75, 3.05) is 22.7 Å². The summed E-state index contributed by atoms with van der Waals surface area (Å²) in [6, 6.07) is 17.6. The van der Waals surface area contributed by atoms with Gasteiger partial charge >= 0.3 is 6.03 Å². The zero-order chi connectivity index (χ0) is 27.3. The number of rotatable bonds is 7. The maximum atomic E-state index is 13.8. The molecule has 4 rings (SSSR count). The second-order valence-electron chi connectivity index (χ2n) is 9.00. The highest BCUT2D eigenvalue weighted by Crippen LogP contribution is 2.24. The molecule has 0 radical (unpaired) electrons. The molecule has 1 saturated heterocycles. The third-order valence-electron chi connectivity index (χ3n) is 6.35. The highest BCUT2D eigenvalue weighted by Gasteiger charge is 2.26. The fraction of sp³-hybridized carbons (Fsp3) is 0.259. The van der Waals surface area contributed by atoms with Crippen LogP contribution in [0, 0.1) is 5.82 Å². The predicted molar refractivity (Wildman–Crippen MR) is 148 cm³/mol. The number of halogens is 1. The van der Waals surface area contributed by atoms with Gasteiger partial charge in [-0.25, -0.2) is 21.9 Å². The number of carbonyl (C=O) groups excluding carboxylic acids is 2. The highest BCUT2D eigenvalue weighted by atomic mass is 32.2. The molecule has 0 bridgehead atoms. The second-order valence-corrected chi connectivity index (χ2v) is 11.3. The summed E-state index contributed by atoms with van der Waals surface area (Å²) in [7, 11) is -3.53. The van der Waals surface area contributed by atoms with Gasteiger partial charge in [-0.3, -0.25) is 4.79 Å². The molecule has 2 N–H and O–H groups in total. The summed E-state index contributed by atoms with van der Waals surface area (Å²) in [5.41, 5.74) is 1.55. The number of anilines is 2. The number of sulfonamides is 1. The van der Waals surface area contributed by atoms with Crippen LogP contribution in [0.25, 0.3) is 0 Å². The molecular formula is C27H29FN4O4S2. The van der Waals surface area contributed by atoms with E-state index in [9.17, 15) is 22.4 Å². The fourth-order valence-electron chi connectivity index (χ4n) is 4.16.